The number of rotatable bonds is 9. The molecule has 0 aliphatic heterocycles. The average Bonchev–Trinajstić information content (AvgIpc) is 2.67. The number of carbonyl (C=O) groups excluding carboxylic acids is 3. The van der Waals surface area contributed by atoms with E-state index in [1.165, 1.54) is 0 Å². The van der Waals surface area contributed by atoms with Crippen LogP contribution in [-0.4, -0.2) is 52.3 Å². The number of nitrogens with zero attached hydrogens (tertiary/aromatic N) is 1. The maximum atomic E-state index is 13.8. The van der Waals surface area contributed by atoms with Crippen LogP contribution in [0.4, 0.5) is 4.79 Å². The monoisotopic (exact) mass is 479 g/mol. The number of carbonyl (C=O) groups is 3. The lowest BCUT2D eigenvalue weighted by atomic mass is 9.94. The molecule has 0 saturated carbocycles. The molecular formula is C25H41N3O4S. The molecule has 0 saturated heterocycles. The minimum atomic E-state index is -0.960. The second kappa shape index (κ2) is 12.3. The number of benzene rings is 1. The summed E-state index contributed by atoms with van der Waals surface area (Å²) in [7, 11) is 0. The van der Waals surface area contributed by atoms with Crippen molar-refractivity contribution in [1.82, 2.24) is 15.5 Å². The number of unbranched alkanes of at least 4 members (excludes halogenated alkanes) is 1. The van der Waals surface area contributed by atoms with Crippen LogP contribution < -0.4 is 10.6 Å². The molecule has 1 aromatic rings. The number of alkyl carbamates (subject to hydrolysis) is 1. The second-order valence-corrected chi connectivity index (χ2v) is 10.6. The number of aryl methyl sites for hydroxylation is 1. The largest absolute Gasteiger partial charge is 0.444 e. The summed E-state index contributed by atoms with van der Waals surface area (Å²) in [5.41, 5.74) is 0.270. The van der Waals surface area contributed by atoms with Crippen LogP contribution >= 0.6 is 12.6 Å². The topological polar surface area (TPSA) is 87.7 Å². The van der Waals surface area contributed by atoms with Gasteiger partial charge in [-0.3, -0.25) is 9.59 Å². The minimum absolute atomic E-state index is 0.0582. The van der Waals surface area contributed by atoms with E-state index < -0.39 is 35.2 Å². The molecule has 0 spiro atoms. The molecule has 2 unspecified atom stereocenters. The molecule has 3 amide bonds. The lowest BCUT2D eigenvalue weighted by molar-refractivity contribution is -0.148. The van der Waals surface area contributed by atoms with E-state index in [2.05, 4.69) is 30.2 Å². The normalized spacial score (nSPS) is 13.6. The van der Waals surface area contributed by atoms with Crippen LogP contribution in [0.25, 0.3) is 0 Å². The highest BCUT2D eigenvalue weighted by Gasteiger charge is 2.41. The van der Waals surface area contributed by atoms with Gasteiger partial charge in [-0.2, -0.15) is 12.6 Å². The Kier molecular flexibility index (Phi) is 10.7. The zero-order valence-corrected chi connectivity index (χ0v) is 22.2. The Balaban J connectivity index is 3.40. The smallest absolute Gasteiger partial charge is 0.408 e. The summed E-state index contributed by atoms with van der Waals surface area (Å²) >= 11 is 4.31. The first-order valence-corrected chi connectivity index (χ1v) is 12.1. The fourth-order valence-electron chi connectivity index (χ4n) is 3.39. The van der Waals surface area contributed by atoms with Crippen molar-refractivity contribution in [2.24, 2.45) is 0 Å². The van der Waals surface area contributed by atoms with Crippen LogP contribution in [0, 0.1) is 6.92 Å². The van der Waals surface area contributed by atoms with Crippen LogP contribution in [-0.2, 0) is 14.3 Å². The van der Waals surface area contributed by atoms with Gasteiger partial charge in [-0.1, -0.05) is 43.2 Å². The van der Waals surface area contributed by atoms with Gasteiger partial charge in [-0.25, -0.2) is 4.79 Å². The van der Waals surface area contributed by atoms with Gasteiger partial charge in [0.25, 0.3) is 0 Å². The molecule has 1 rings (SSSR count). The van der Waals surface area contributed by atoms with Crippen molar-refractivity contribution in [3.8, 4) is 0 Å². The Hall–Kier alpha value is -2.22. The van der Waals surface area contributed by atoms with Gasteiger partial charge in [0, 0.05) is 17.8 Å². The van der Waals surface area contributed by atoms with Crippen molar-refractivity contribution in [3.63, 3.8) is 0 Å². The van der Waals surface area contributed by atoms with Crippen molar-refractivity contribution in [2.45, 2.75) is 91.5 Å². The Morgan fingerprint density at radius 1 is 1.12 bits per heavy atom. The molecule has 0 aliphatic carbocycles. The molecule has 8 heteroatoms. The third-order valence-corrected chi connectivity index (χ3v) is 5.19. The van der Waals surface area contributed by atoms with E-state index in [0.717, 1.165) is 18.4 Å². The summed E-state index contributed by atoms with van der Waals surface area (Å²) in [6.45, 7) is 15.4. The summed E-state index contributed by atoms with van der Waals surface area (Å²) in [4.78, 5) is 41.1. The molecule has 0 aromatic heterocycles. The van der Waals surface area contributed by atoms with Gasteiger partial charge >= 0.3 is 6.09 Å². The molecule has 186 valence electrons. The maximum absolute atomic E-state index is 13.8. The predicted octanol–water partition coefficient (Wildman–Crippen LogP) is 4.40. The fourth-order valence-corrected chi connectivity index (χ4v) is 3.64. The van der Waals surface area contributed by atoms with Gasteiger partial charge < -0.3 is 20.3 Å². The third kappa shape index (κ3) is 9.27. The molecular weight excluding hydrogens is 438 g/mol. The molecule has 33 heavy (non-hydrogen) atoms. The fraction of sp³-hybridized carbons (Fsp3) is 0.640. The number of amides is 3. The van der Waals surface area contributed by atoms with Gasteiger partial charge in [-0.05, 0) is 60.5 Å². The Bertz CT molecular complexity index is 815. The first kappa shape index (κ1) is 28.8. The van der Waals surface area contributed by atoms with E-state index in [-0.39, 0.29) is 11.7 Å². The van der Waals surface area contributed by atoms with Gasteiger partial charge in [-0.15, -0.1) is 0 Å². The van der Waals surface area contributed by atoms with Crippen LogP contribution in [0.2, 0.25) is 0 Å². The SMILES string of the molecule is CCCCNC(=O)C(c1cccc(C)c1)N(C(=O)C(CS)NC(=O)OC(C)(C)C)C(C)(C)C. The first-order chi connectivity index (χ1) is 15.2. The number of hydrogen-bond acceptors (Lipinski definition) is 5. The summed E-state index contributed by atoms with van der Waals surface area (Å²) in [6.07, 6.45) is 1.08. The molecule has 2 atom stereocenters. The summed E-state index contributed by atoms with van der Waals surface area (Å²) in [5, 5.41) is 5.60. The number of thiol groups is 1. The van der Waals surface area contributed by atoms with Crippen molar-refractivity contribution >= 4 is 30.5 Å². The summed E-state index contributed by atoms with van der Waals surface area (Å²) < 4.78 is 5.33. The van der Waals surface area contributed by atoms with Gasteiger partial charge in [0.2, 0.25) is 11.8 Å². The highest BCUT2D eigenvalue weighted by Crippen LogP contribution is 2.30. The predicted molar refractivity (Wildman–Crippen MR) is 135 cm³/mol. The van der Waals surface area contributed by atoms with E-state index in [1.807, 2.05) is 52.0 Å². The highest BCUT2D eigenvalue weighted by molar-refractivity contribution is 7.80. The second-order valence-electron chi connectivity index (χ2n) is 10.2. The standard InChI is InChI=1S/C25H41N3O4S/c1-9-10-14-26-21(29)20(18-13-11-12-17(2)15-18)28(24(3,4)5)22(30)19(16-33)27-23(31)32-25(6,7)8/h11-13,15,19-20,33H,9-10,14,16H2,1-8H3,(H,26,29)(H,27,31). The first-order valence-electron chi connectivity index (χ1n) is 11.5. The van der Waals surface area contributed by atoms with E-state index in [9.17, 15) is 14.4 Å². The van der Waals surface area contributed by atoms with Crippen molar-refractivity contribution in [3.05, 3.63) is 35.4 Å². The summed E-state index contributed by atoms with van der Waals surface area (Å²) in [5.74, 6) is -0.601. The molecule has 0 bridgehead atoms. The molecule has 2 N–H and O–H groups in total. The van der Waals surface area contributed by atoms with Crippen LogP contribution in [0.3, 0.4) is 0 Å². The van der Waals surface area contributed by atoms with Crippen LogP contribution in [0.1, 0.15) is 78.5 Å². The van der Waals surface area contributed by atoms with Gasteiger partial charge in [0.1, 0.15) is 17.7 Å². The maximum Gasteiger partial charge on any atom is 0.408 e. The summed E-state index contributed by atoms with van der Waals surface area (Å²) in [6, 6.07) is 5.75. The molecule has 0 aliphatic rings. The number of hydrogen-bond donors (Lipinski definition) is 3. The number of ether oxygens (including phenoxy) is 1. The van der Waals surface area contributed by atoms with E-state index in [0.29, 0.717) is 12.1 Å². The Morgan fingerprint density at radius 3 is 2.24 bits per heavy atom. The number of nitrogens with one attached hydrogen (secondary N) is 2. The molecule has 1 aromatic carbocycles. The molecule has 0 fully saturated rings. The molecule has 0 heterocycles. The minimum Gasteiger partial charge on any atom is -0.444 e. The zero-order chi connectivity index (χ0) is 25.4. The van der Waals surface area contributed by atoms with E-state index in [4.69, 9.17) is 4.74 Å². The van der Waals surface area contributed by atoms with Crippen molar-refractivity contribution in [2.75, 3.05) is 12.3 Å². The average molecular weight is 480 g/mol. The van der Waals surface area contributed by atoms with Gasteiger partial charge in [0.05, 0.1) is 0 Å². The van der Waals surface area contributed by atoms with Gasteiger partial charge in [0.15, 0.2) is 0 Å². The van der Waals surface area contributed by atoms with Crippen molar-refractivity contribution in [1.29, 1.82) is 0 Å². The van der Waals surface area contributed by atoms with Crippen LogP contribution in [0.15, 0.2) is 24.3 Å². The quantitative estimate of drug-likeness (QED) is 0.362. The van der Waals surface area contributed by atoms with Crippen molar-refractivity contribution < 1.29 is 19.1 Å². The van der Waals surface area contributed by atoms with E-state index in [1.54, 1.807) is 25.7 Å². The van der Waals surface area contributed by atoms with Crippen LogP contribution in [0.5, 0.6) is 0 Å². The lowest BCUT2D eigenvalue weighted by Crippen LogP contribution is -2.59. The highest BCUT2D eigenvalue weighted by atomic mass is 32.1. The zero-order valence-electron chi connectivity index (χ0n) is 21.3. The Morgan fingerprint density at radius 2 is 1.76 bits per heavy atom. The molecule has 7 nitrogen and oxygen atoms in total. The third-order valence-electron chi connectivity index (χ3n) is 4.83. The van der Waals surface area contributed by atoms with E-state index >= 15 is 0 Å². The Labute approximate surface area is 204 Å². The lowest BCUT2D eigenvalue weighted by Gasteiger charge is -2.43. The molecule has 0 radical (unpaired) electrons.